The molecule has 1 unspecified atom stereocenters. The molecular weight excluding hydrogens is 295 g/mol. The largest absolute Gasteiger partial charge is 0.385 e. The van der Waals surface area contributed by atoms with Gasteiger partial charge in [0.25, 0.3) is 0 Å². The summed E-state index contributed by atoms with van der Waals surface area (Å²) in [4.78, 5) is 16.7. The van der Waals surface area contributed by atoms with Gasteiger partial charge in [0.2, 0.25) is 5.91 Å². The molecule has 2 heterocycles. The number of amides is 1. The van der Waals surface area contributed by atoms with Crippen LogP contribution in [-0.4, -0.2) is 49.7 Å². The molecule has 2 fully saturated rings. The topological polar surface area (TPSA) is 32.8 Å². The molecule has 1 amide bonds. The van der Waals surface area contributed by atoms with Gasteiger partial charge in [-0.05, 0) is 37.9 Å². The molecule has 5 heteroatoms. The lowest BCUT2D eigenvalue weighted by atomic mass is 9.85. The van der Waals surface area contributed by atoms with Gasteiger partial charge in [-0.15, -0.1) is 0 Å². The lowest BCUT2D eigenvalue weighted by molar-refractivity contribution is -0.118. The van der Waals surface area contributed by atoms with Crippen LogP contribution in [0.1, 0.15) is 32.1 Å². The molecular formula is C18H25FN2O2. The molecule has 1 atom stereocenters. The summed E-state index contributed by atoms with van der Waals surface area (Å²) >= 11 is 0. The number of rotatable bonds is 5. The molecule has 1 spiro atoms. The summed E-state index contributed by atoms with van der Waals surface area (Å²) < 4.78 is 19.2. The Bertz CT molecular complexity index is 566. The van der Waals surface area contributed by atoms with E-state index >= 15 is 0 Å². The van der Waals surface area contributed by atoms with Crippen LogP contribution in [0.4, 0.5) is 10.1 Å². The third-order valence-corrected chi connectivity index (χ3v) is 5.14. The van der Waals surface area contributed by atoms with Crippen LogP contribution >= 0.6 is 0 Å². The van der Waals surface area contributed by atoms with Gasteiger partial charge < -0.3 is 9.64 Å². The van der Waals surface area contributed by atoms with Crippen molar-refractivity contribution in [2.45, 2.75) is 37.6 Å². The van der Waals surface area contributed by atoms with Crippen LogP contribution in [0.3, 0.4) is 0 Å². The summed E-state index contributed by atoms with van der Waals surface area (Å²) in [7, 11) is 1.71. The summed E-state index contributed by atoms with van der Waals surface area (Å²) in [6.07, 6.45) is 4.78. The Morgan fingerprint density at radius 3 is 2.91 bits per heavy atom. The smallest absolute Gasteiger partial charge is 0.229 e. The third kappa shape index (κ3) is 3.26. The quantitative estimate of drug-likeness (QED) is 0.782. The number of nitrogens with zero attached hydrogens (tertiary/aromatic N) is 2. The van der Waals surface area contributed by atoms with E-state index < -0.39 is 0 Å². The van der Waals surface area contributed by atoms with E-state index in [0.29, 0.717) is 18.7 Å². The van der Waals surface area contributed by atoms with Crippen molar-refractivity contribution in [3.05, 3.63) is 30.1 Å². The van der Waals surface area contributed by atoms with E-state index in [1.54, 1.807) is 30.2 Å². The van der Waals surface area contributed by atoms with Crippen LogP contribution in [0.15, 0.2) is 24.3 Å². The third-order valence-electron chi connectivity index (χ3n) is 5.14. The summed E-state index contributed by atoms with van der Waals surface area (Å²) in [5.41, 5.74) is 0.280. The number of para-hydroxylation sites is 1. The average molecular weight is 320 g/mol. The molecule has 2 saturated heterocycles. The first-order chi connectivity index (χ1) is 11.2. The summed E-state index contributed by atoms with van der Waals surface area (Å²) in [6.45, 7) is 3.28. The van der Waals surface area contributed by atoms with Crippen molar-refractivity contribution in [1.29, 1.82) is 0 Å². The first kappa shape index (κ1) is 16.4. The molecule has 0 aromatic heterocycles. The number of carbonyl (C=O) groups excluding carboxylic acids is 1. The Balaban J connectivity index is 1.79. The highest BCUT2D eigenvalue weighted by Crippen LogP contribution is 2.39. The minimum atomic E-state index is -0.320. The molecule has 2 aliphatic rings. The van der Waals surface area contributed by atoms with Crippen LogP contribution in [-0.2, 0) is 9.53 Å². The second kappa shape index (κ2) is 6.97. The van der Waals surface area contributed by atoms with Crippen LogP contribution in [0.25, 0.3) is 0 Å². The molecule has 0 N–H and O–H groups in total. The van der Waals surface area contributed by atoms with Gasteiger partial charge in [-0.25, -0.2) is 4.39 Å². The molecule has 23 heavy (non-hydrogen) atoms. The average Bonchev–Trinajstić information content (AvgIpc) is 2.87. The maximum atomic E-state index is 14.1. The predicted molar refractivity (Wildman–Crippen MR) is 88.0 cm³/mol. The molecule has 126 valence electrons. The second-order valence-corrected chi connectivity index (χ2v) is 6.62. The number of piperidine rings is 1. The van der Waals surface area contributed by atoms with Gasteiger partial charge in [0.1, 0.15) is 5.82 Å². The van der Waals surface area contributed by atoms with Crippen LogP contribution in [0, 0.1) is 5.82 Å². The van der Waals surface area contributed by atoms with Crippen molar-refractivity contribution in [3.8, 4) is 0 Å². The van der Waals surface area contributed by atoms with Crippen molar-refractivity contribution in [1.82, 2.24) is 4.90 Å². The Morgan fingerprint density at radius 1 is 1.30 bits per heavy atom. The van der Waals surface area contributed by atoms with E-state index in [2.05, 4.69) is 4.90 Å². The maximum absolute atomic E-state index is 14.1. The van der Waals surface area contributed by atoms with E-state index in [1.165, 1.54) is 12.5 Å². The zero-order valence-electron chi connectivity index (χ0n) is 13.8. The minimum Gasteiger partial charge on any atom is -0.385 e. The van der Waals surface area contributed by atoms with E-state index in [-0.39, 0.29) is 17.3 Å². The molecule has 4 nitrogen and oxygen atoms in total. The number of halogens is 1. The highest BCUT2D eigenvalue weighted by molar-refractivity contribution is 5.97. The van der Waals surface area contributed by atoms with Crippen LogP contribution in [0.5, 0.6) is 0 Å². The lowest BCUT2D eigenvalue weighted by Crippen LogP contribution is -2.54. The van der Waals surface area contributed by atoms with Crippen molar-refractivity contribution in [3.63, 3.8) is 0 Å². The fourth-order valence-corrected chi connectivity index (χ4v) is 3.99. The zero-order valence-corrected chi connectivity index (χ0v) is 13.8. The SMILES string of the molecule is COCCCN1CCCCC12CC(=O)N(c1ccccc1F)C2. The van der Waals surface area contributed by atoms with E-state index in [9.17, 15) is 9.18 Å². The van der Waals surface area contributed by atoms with Crippen molar-refractivity contribution in [2.24, 2.45) is 0 Å². The van der Waals surface area contributed by atoms with Crippen LogP contribution < -0.4 is 4.90 Å². The zero-order chi connectivity index (χ0) is 16.3. The Morgan fingerprint density at radius 2 is 2.13 bits per heavy atom. The monoisotopic (exact) mass is 320 g/mol. The number of hydrogen-bond donors (Lipinski definition) is 0. The van der Waals surface area contributed by atoms with Gasteiger partial charge in [-0.3, -0.25) is 9.69 Å². The molecule has 0 aliphatic carbocycles. The number of carbonyl (C=O) groups is 1. The van der Waals surface area contributed by atoms with Gasteiger partial charge in [0, 0.05) is 38.8 Å². The van der Waals surface area contributed by atoms with Gasteiger partial charge in [0.05, 0.1) is 5.69 Å². The molecule has 1 aromatic carbocycles. The molecule has 2 aliphatic heterocycles. The molecule has 0 bridgehead atoms. The number of ether oxygens (including phenoxy) is 1. The number of hydrogen-bond acceptors (Lipinski definition) is 3. The first-order valence-electron chi connectivity index (χ1n) is 8.45. The fourth-order valence-electron chi connectivity index (χ4n) is 3.99. The first-order valence-corrected chi connectivity index (χ1v) is 8.45. The molecule has 3 rings (SSSR count). The van der Waals surface area contributed by atoms with Crippen molar-refractivity contribution in [2.75, 3.05) is 38.3 Å². The van der Waals surface area contributed by atoms with Gasteiger partial charge >= 0.3 is 0 Å². The summed E-state index contributed by atoms with van der Waals surface area (Å²) in [5.74, 6) is -0.284. The number of methoxy groups -OCH3 is 1. The standard InChI is InChI=1S/C18H25FN2O2/c1-23-12-6-11-20-10-5-4-9-18(20)13-17(22)21(14-18)16-8-3-2-7-15(16)19/h2-3,7-8H,4-6,9-14H2,1H3. The Labute approximate surface area is 137 Å². The number of likely N-dealkylation sites (tertiary alicyclic amines) is 1. The summed E-state index contributed by atoms with van der Waals surface area (Å²) in [5, 5.41) is 0. The van der Waals surface area contributed by atoms with Crippen LogP contribution in [0.2, 0.25) is 0 Å². The Kier molecular flexibility index (Phi) is 4.97. The molecule has 0 saturated carbocycles. The predicted octanol–water partition coefficient (Wildman–Crippen LogP) is 2.82. The van der Waals surface area contributed by atoms with Gasteiger partial charge in [-0.1, -0.05) is 18.6 Å². The number of benzene rings is 1. The normalized spacial score (nSPS) is 25.5. The van der Waals surface area contributed by atoms with Gasteiger partial charge in [-0.2, -0.15) is 0 Å². The van der Waals surface area contributed by atoms with Crippen molar-refractivity contribution >= 4 is 11.6 Å². The fraction of sp³-hybridized carbons (Fsp3) is 0.611. The van der Waals surface area contributed by atoms with Crippen molar-refractivity contribution < 1.29 is 13.9 Å². The Hall–Kier alpha value is -1.46. The van der Waals surface area contributed by atoms with E-state index in [0.717, 1.165) is 39.0 Å². The van der Waals surface area contributed by atoms with Gasteiger partial charge in [0.15, 0.2) is 0 Å². The number of anilines is 1. The van der Waals surface area contributed by atoms with E-state index in [4.69, 9.17) is 4.74 Å². The highest BCUT2D eigenvalue weighted by atomic mass is 19.1. The molecule has 1 aromatic rings. The highest BCUT2D eigenvalue weighted by Gasteiger charge is 2.48. The minimum absolute atomic E-state index is 0.0359. The maximum Gasteiger partial charge on any atom is 0.229 e. The lowest BCUT2D eigenvalue weighted by Gasteiger charge is -2.44. The molecule has 0 radical (unpaired) electrons. The van der Waals surface area contributed by atoms with E-state index in [1.807, 2.05) is 0 Å². The second-order valence-electron chi connectivity index (χ2n) is 6.62. The summed E-state index contributed by atoms with van der Waals surface area (Å²) in [6, 6.07) is 6.57.